The molecule has 0 fully saturated rings. The molecule has 1 aromatic rings. The zero-order valence-electron chi connectivity index (χ0n) is 11.5. The summed E-state index contributed by atoms with van der Waals surface area (Å²) in [4.78, 5) is 11.5. The second kappa shape index (κ2) is 5.09. The number of hydrogen-bond acceptors (Lipinski definition) is 4. The van der Waals surface area contributed by atoms with Crippen molar-refractivity contribution in [3.8, 4) is 11.5 Å². The minimum absolute atomic E-state index is 0.145. The smallest absolute Gasteiger partial charge is 0.236 e. The van der Waals surface area contributed by atoms with Crippen molar-refractivity contribution in [2.24, 2.45) is 5.73 Å². The second-order valence-corrected chi connectivity index (χ2v) is 5.46. The molecular weight excluding hydrogens is 244 g/mol. The zero-order chi connectivity index (χ0) is 14.0. The summed E-state index contributed by atoms with van der Waals surface area (Å²) in [7, 11) is 0. The molecule has 0 radical (unpaired) electrons. The summed E-state index contributed by atoms with van der Waals surface area (Å²) in [6, 6.07) is 5.35. The van der Waals surface area contributed by atoms with Crippen molar-refractivity contribution in [1.82, 2.24) is 5.32 Å². The molecule has 0 saturated heterocycles. The highest BCUT2D eigenvalue weighted by Gasteiger charge is 2.25. The van der Waals surface area contributed by atoms with E-state index < -0.39 is 6.04 Å². The van der Waals surface area contributed by atoms with Crippen LogP contribution in [-0.2, 0) is 10.2 Å². The molecule has 1 unspecified atom stereocenters. The Morgan fingerprint density at radius 3 is 2.79 bits per heavy atom. The molecule has 1 aliphatic heterocycles. The maximum absolute atomic E-state index is 11.5. The van der Waals surface area contributed by atoms with E-state index in [0.717, 1.165) is 17.1 Å². The first kappa shape index (κ1) is 13.7. The first-order valence-electron chi connectivity index (χ1n) is 6.33. The molecule has 5 nitrogen and oxygen atoms in total. The molecule has 0 aliphatic carbocycles. The van der Waals surface area contributed by atoms with E-state index in [1.54, 1.807) is 6.92 Å². The average molecular weight is 264 g/mol. The highest BCUT2D eigenvalue weighted by Crippen LogP contribution is 2.36. The molecule has 0 saturated carbocycles. The number of ether oxygens (including phenoxy) is 2. The van der Waals surface area contributed by atoms with E-state index in [1.165, 1.54) is 0 Å². The van der Waals surface area contributed by atoms with Crippen LogP contribution in [0.3, 0.4) is 0 Å². The average Bonchev–Trinajstić information content (AvgIpc) is 2.82. The number of hydrogen-bond donors (Lipinski definition) is 2. The molecule has 3 N–H and O–H groups in total. The molecule has 1 atom stereocenters. The third kappa shape index (κ3) is 2.98. The van der Waals surface area contributed by atoms with Gasteiger partial charge in [0.2, 0.25) is 12.7 Å². The van der Waals surface area contributed by atoms with Crippen molar-refractivity contribution in [2.75, 3.05) is 13.3 Å². The van der Waals surface area contributed by atoms with Gasteiger partial charge in [-0.15, -0.1) is 0 Å². The van der Waals surface area contributed by atoms with E-state index in [9.17, 15) is 4.79 Å². The maximum atomic E-state index is 11.5. The number of benzene rings is 1. The van der Waals surface area contributed by atoms with Gasteiger partial charge in [-0.3, -0.25) is 4.79 Å². The highest BCUT2D eigenvalue weighted by atomic mass is 16.7. The fraction of sp³-hybridized carbons (Fsp3) is 0.500. The SMILES string of the molecule is CC(N)C(=O)NCC(C)(C)c1ccc2c(c1)OCO2. The zero-order valence-corrected chi connectivity index (χ0v) is 11.5. The van der Waals surface area contributed by atoms with Crippen molar-refractivity contribution in [1.29, 1.82) is 0 Å². The topological polar surface area (TPSA) is 73.6 Å². The fourth-order valence-corrected chi connectivity index (χ4v) is 1.89. The molecule has 19 heavy (non-hydrogen) atoms. The van der Waals surface area contributed by atoms with Crippen LogP contribution < -0.4 is 20.5 Å². The molecule has 5 heteroatoms. The van der Waals surface area contributed by atoms with Gasteiger partial charge >= 0.3 is 0 Å². The predicted octanol–water partition coefficient (Wildman–Crippen LogP) is 1.16. The van der Waals surface area contributed by atoms with E-state index in [2.05, 4.69) is 19.2 Å². The van der Waals surface area contributed by atoms with Crippen molar-refractivity contribution < 1.29 is 14.3 Å². The van der Waals surface area contributed by atoms with Crippen molar-refractivity contribution >= 4 is 5.91 Å². The number of nitrogens with one attached hydrogen (secondary N) is 1. The summed E-state index contributed by atoms with van der Waals surface area (Å²) in [6.07, 6.45) is 0. The van der Waals surface area contributed by atoms with Crippen LogP contribution in [-0.4, -0.2) is 25.3 Å². The molecule has 1 amide bonds. The Labute approximate surface area is 113 Å². The first-order chi connectivity index (χ1) is 8.90. The van der Waals surface area contributed by atoms with Crippen LogP contribution in [0.1, 0.15) is 26.3 Å². The van der Waals surface area contributed by atoms with Gasteiger partial charge in [0.1, 0.15) is 0 Å². The molecule has 0 bridgehead atoms. The lowest BCUT2D eigenvalue weighted by atomic mass is 9.84. The van der Waals surface area contributed by atoms with Gasteiger partial charge in [0.15, 0.2) is 11.5 Å². The van der Waals surface area contributed by atoms with Crippen LogP contribution in [0.5, 0.6) is 11.5 Å². The monoisotopic (exact) mass is 264 g/mol. The van der Waals surface area contributed by atoms with E-state index in [0.29, 0.717) is 6.54 Å². The predicted molar refractivity (Wildman–Crippen MR) is 72.3 cm³/mol. The van der Waals surface area contributed by atoms with Gasteiger partial charge in [0.25, 0.3) is 0 Å². The van der Waals surface area contributed by atoms with Crippen molar-refractivity contribution in [3.63, 3.8) is 0 Å². The third-order valence-electron chi connectivity index (χ3n) is 3.27. The van der Waals surface area contributed by atoms with Crippen molar-refractivity contribution in [3.05, 3.63) is 23.8 Å². The largest absolute Gasteiger partial charge is 0.454 e. The Kier molecular flexibility index (Phi) is 3.66. The van der Waals surface area contributed by atoms with E-state index >= 15 is 0 Å². The van der Waals surface area contributed by atoms with E-state index in [-0.39, 0.29) is 18.1 Å². The van der Waals surface area contributed by atoms with Gasteiger partial charge in [-0.05, 0) is 24.6 Å². The normalized spacial score (nSPS) is 15.2. The van der Waals surface area contributed by atoms with Gasteiger partial charge in [-0.25, -0.2) is 0 Å². The lowest BCUT2D eigenvalue weighted by molar-refractivity contribution is -0.122. The summed E-state index contributed by atoms with van der Waals surface area (Å²) in [6.45, 7) is 6.58. The lowest BCUT2D eigenvalue weighted by Gasteiger charge is -2.26. The van der Waals surface area contributed by atoms with Crippen LogP contribution in [0.2, 0.25) is 0 Å². The molecule has 1 heterocycles. The molecular formula is C14H20N2O3. The number of amides is 1. The van der Waals surface area contributed by atoms with Gasteiger partial charge in [0, 0.05) is 12.0 Å². The van der Waals surface area contributed by atoms with E-state index in [4.69, 9.17) is 15.2 Å². The summed E-state index contributed by atoms with van der Waals surface area (Å²) < 4.78 is 10.7. The quantitative estimate of drug-likeness (QED) is 0.855. The summed E-state index contributed by atoms with van der Waals surface area (Å²) in [5.41, 5.74) is 6.41. The molecule has 1 aliphatic rings. The van der Waals surface area contributed by atoms with Crippen LogP contribution in [0.15, 0.2) is 18.2 Å². The van der Waals surface area contributed by atoms with Gasteiger partial charge < -0.3 is 20.5 Å². The van der Waals surface area contributed by atoms with Crippen LogP contribution in [0.25, 0.3) is 0 Å². The van der Waals surface area contributed by atoms with Gasteiger partial charge in [-0.2, -0.15) is 0 Å². The number of carbonyl (C=O) groups is 1. The standard InChI is InChI=1S/C14H20N2O3/c1-9(15)13(17)16-7-14(2,3)10-4-5-11-12(6-10)19-8-18-11/h4-6,9H,7-8,15H2,1-3H3,(H,16,17). The Balaban J connectivity index is 2.08. The molecule has 1 aromatic carbocycles. The fourth-order valence-electron chi connectivity index (χ4n) is 1.89. The Hall–Kier alpha value is -1.75. The number of carbonyl (C=O) groups excluding carboxylic acids is 1. The summed E-state index contributed by atoms with van der Waals surface area (Å²) in [5, 5.41) is 2.85. The second-order valence-electron chi connectivity index (χ2n) is 5.46. The number of fused-ring (bicyclic) bond motifs is 1. The molecule has 0 aromatic heterocycles. The Bertz CT molecular complexity index is 484. The first-order valence-corrected chi connectivity index (χ1v) is 6.33. The lowest BCUT2D eigenvalue weighted by Crippen LogP contribution is -2.43. The van der Waals surface area contributed by atoms with E-state index in [1.807, 2.05) is 18.2 Å². The van der Waals surface area contributed by atoms with Crippen LogP contribution in [0.4, 0.5) is 0 Å². The highest BCUT2D eigenvalue weighted by molar-refractivity contribution is 5.81. The third-order valence-corrected chi connectivity index (χ3v) is 3.27. The summed E-state index contributed by atoms with van der Waals surface area (Å²) in [5.74, 6) is 1.37. The minimum atomic E-state index is -0.493. The minimum Gasteiger partial charge on any atom is -0.454 e. The maximum Gasteiger partial charge on any atom is 0.236 e. The Morgan fingerprint density at radius 1 is 1.42 bits per heavy atom. The molecule has 104 valence electrons. The van der Waals surface area contributed by atoms with Gasteiger partial charge in [-0.1, -0.05) is 19.9 Å². The molecule has 2 rings (SSSR count). The summed E-state index contributed by atoms with van der Waals surface area (Å²) >= 11 is 0. The van der Waals surface area contributed by atoms with Crippen LogP contribution >= 0.6 is 0 Å². The van der Waals surface area contributed by atoms with Gasteiger partial charge in [0.05, 0.1) is 6.04 Å². The number of nitrogens with two attached hydrogens (primary N) is 1. The Morgan fingerprint density at radius 2 is 2.11 bits per heavy atom. The van der Waals surface area contributed by atoms with Crippen LogP contribution in [0, 0.1) is 0 Å². The molecule has 0 spiro atoms. The van der Waals surface area contributed by atoms with Crippen molar-refractivity contribution in [2.45, 2.75) is 32.2 Å². The number of rotatable bonds is 4.